The number of aromatic nitrogens is 2. The molecule has 23 heavy (non-hydrogen) atoms. The van der Waals surface area contributed by atoms with Crippen molar-refractivity contribution in [3.63, 3.8) is 0 Å². The van der Waals surface area contributed by atoms with Crippen LogP contribution in [0, 0.1) is 0 Å². The molecule has 0 aliphatic rings. The maximum Gasteiger partial charge on any atom is 0.226 e. The smallest absolute Gasteiger partial charge is 0.226 e. The van der Waals surface area contributed by atoms with Gasteiger partial charge in [0, 0.05) is 19.4 Å². The SMILES string of the molecule is C=CCNC(=O)CCCc1nc(-c2ccccc2OCC)no1. The van der Waals surface area contributed by atoms with Crippen molar-refractivity contribution in [3.05, 3.63) is 42.8 Å². The van der Waals surface area contributed by atoms with Crippen LogP contribution in [0.15, 0.2) is 41.4 Å². The van der Waals surface area contributed by atoms with Gasteiger partial charge in [-0.1, -0.05) is 23.4 Å². The zero-order valence-electron chi connectivity index (χ0n) is 13.2. The molecule has 0 aliphatic heterocycles. The summed E-state index contributed by atoms with van der Waals surface area (Å²) in [6.45, 7) is 6.54. The predicted octanol–water partition coefficient (Wildman–Crippen LogP) is 2.76. The number of carbonyl (C=O) groups excluding carboxylic acids is 1. The van der Waals surface area contributed by atoms with Gasteiger partial charge < -0.3 is 14.6 Å². The topological polar surface area (TPSA) is 77.2 Å². The van der Waals surface area contributed by atoms with Gasteiger partial charge in [-0.05, 0) is 25.5 Å². The minimum absolute atomic E-state index is 0.00803. The number of rotatable bonds is 9. The third-order valence-electron chi connectivity index (χ3n) is 3.13. The lowest BCUT2D eigenvalue weighted by molar-refractivity contribution is -0.120. The van der Waals surface area contributed by atoms with Gasteiger partial charge in [-0.25, -0.2) is 0 Å². The molecule has 6 heteroatoms. The normalized spacial score (nSPS) is 10.3. The molecule has 1 amide bonds. The van der Waals surface area contributed by atoms with Gasteiger partial charge in [0.15, 0.2) is 0 Å². The highest BCUT2D eigenvalue weighted by atomic mass is 16.5. The second-order valence-electron chi connectivity index (χ2n) is 4.89. The van der Waals surface area contributed by atoms with Gasteiger partial charge in [0.2, 0.25) is 17.6 Å². The number of para-hydroxylation sites is 1. The number of nitrogens with one attached hydrogen (secondary N) is 1. The van der Waals surface area contributed by atoms with E-state index in [1.807, 2.05) is 31.2 Å². The van der Waals surface area contributed by atoms with Crippen LogP contribution >= 0.6 is 0 Å². The quantitative estimate of drug-likeness (QED) is 0.720. The van der Waals surface area contributed by atoms with Gasteiger partial charge in [-0.2, -0.15) is 4.98 Å². The molecule has 0 atom stereocenters. The molecule has 6 nitrogen and oxygen atoms in total. The van der Waals surface area contributed by atoms with Crippen molar-refractivity contribution in [1.29, 1.82) is 0 Å². The van der Waals surface area contributed by atoms with Gasteiger partial charge in [-0.15, -0.1) is 6.58 Å². The number of amides is 1. The molecule has 0 saturated heterocycles. The van der Waals surface area contributed by atoms with Crippen molar-refractivity contribution in [1.82, 2.24) is 15.5 Å². The molecule has 1 aromatic heterocycles. The van der Waals surface area contributed by atoms with Crippen molar-refractivity contribution < 1.29 is 14.1 Å². The number of hydrogen-bond acceptors (Lipinski definition) is 5. The Bertz CT molecular complexity index is 652. The first-order valence-electron chi connectivity index (χ1n) is 7.67. The number of hydrogen-bond donors (Lipinski definition) is 1. The van der Waals surface area contributed by atoms with Crippen LogP contribution in [-0.4, -0.2) is 29.2 Å². The highest BCUT2D eigenvalue weighted by Gasteiger charge is 2.13. The Kier molecular flexibility index (Phi) is 6.35. The van der Waals surface area contributed by atoms with Gasteiger partial charge >= 0.3 is 0 Å². The van der Waals surface area contributed by atoms with E-state index >= 15 is 0 Å². The van der Waals surface area contributed by atoms with E-state index in [-0.39, 0.29) is 5.91 Å². The Morgan fingerprint density at radius 2 is 2.26 bits per heavy atom. The molecular formula is C17H21N3O3. The van der Waals surface area contributed by atoms with Crippen molar-refractivity contribution in [2.75, 3.05) is 13.2 Å². The molecule has 0 spiro atoms. The first-order valence-corrected chi connectivity index (χ1v) is 7.67. The second-order valence-corrected chi connectivity index (χ2v) is 4.89. The summed E-state index contributed by atoms with van der Waals surface area (Å²) < 4.78 is 10.8. The summed E-state index contributed by atoms with van der Waals surface area (Å²) in [5.41, 5.74) is 0.799. The number of nitrogens with zero attached hydrogens (tertiary/aromatic N) is 2. The molecule has 122 valence electrons. The third kappa shape index (κ3) is 4.95. The van der Waals surface area contributed by atoms with Crippen LogP contribution in [0.1, 0.15) is 25.7 Å². The minimum atomic E-state index is -0.00803. The van der Waals surface area contributed by atoms with Crippen LogP contribution in [0.2, 0.25) is 0 Å². The minimum Gasteiger partial charge on any atom is -0.493 e. The van der Waals surface area contributed by atoms with Crippen LogP contribution in [0.25, 0.3) is 11.4 Å². The Labute approximate surface area is 135 Å². The molecule has 0 unspecified atom stereocenters. The highest BCUT2D eigenvalue weighted by Crippen LogP contribution is 2.27. The molecule has 1 heterocycles. The molecule has 2 rings (SSSR count). The number of carbonyl (C=O) groups is 1. The van der Waals surface area contributed by atoms with Crippen LogP contribution in [-0.2, 0) is 11.2 Å². The van der Waals surface area contributed by atoms with E-state index in [4.69, 9.17) is 9.26 Å². The molecule has 1 N–H and O–H groups in total. The van der Waals surface area contributed by atoms with E-state index in [0.717, 1.165) is 11.3 Å². The molecule has 0 fully saturated rings. The lowest BCUT2D eigenvalue weighted by atomic mass is 10.2. The Morgan fingerprint density at radius 3 is 3.04 bits per heavy atom. The maximum absolute atomic E-state index is 11.5. The van der Waals surface area contributed by atoms with Gasteiger partial charge in [0.25, 0.3) is 0 Å². The Hall–Kier alpha value is -2.63. The van der Waals surface area contributed by atoms with E-state index in [2.05, 4.69) is 22.0 Å². The predicted molar refractivity (Wildman–Crippen MR) is 87.0 cm³/mol. The monoisotopic (exact) mass is 315 g/mol. The lowest BCUT2D eigenvalue weighted by Gasteiger charge is -2.05. The van der Waals surface area contributed by atoms with Crippen molar-refractivity contribution >= 4 is 5.91 Å². The van der Waals surface area contributed by atoms with Crippen LogP contribution in [0.4, 0.5) is 0 Å². The van der Waals surface area contributed by atoms with Crippen molar-refractivity contribution in [3.8, 4) is 17.1 Å². The summed E-state index contributed by atoms with van der Waals surface area (Å²) in [7, 11) is 0. The summed E-state index contributed by atoms with van der Waals surface area (Å²) in [6, 6.07) is 7.57. The van der Waals surface area contributed by atoms with Gasteiger partial charge in [0.1, 0.15) is 5.75 Å². The largest absolute Gasteiger partial charge is 0.493 e. The Balaban J connectivity index is 1.93. The molecule has 2 aromatic rings. The van der Waals surface area contributed by atoms with E-state index in [1.54, 1.807) is 6.08 Å². The summed E-state index contributed by atoms with van der Waals surface area (Å²) in [4.78, 5) is 15.9. The van der Waals surface area contributed by atoms with E-state index in [0.29, 0.717) is 44.1 Å². The van der Waals surface area contributed by atoms with Crippen LogP contribution in [0.3, 0.4) is 0 Å². The lowest BCUT2D eigenvalue weighted by Crippen LogP contribution is -2.22. The van der Waals surface area contributed by atoms with E-state index < -0.39 is 0 Å². The zero-order chi connectivity index (χ0) is 16.5. The Morgan fingerprint density at radius 1 is 1.43 bits per heavy atom. The average Bonchev–Trinajstić information content (AvgIpc) is 3.02. The fourth-order valence-electron chi connectivity index (χ4n) is 2.07. The fourth-order valence-corrected chi connectivity index (χ4v) is 2.07. The molecule has 1 aromatic carbocycles. The van der Waals surface area contributed by atoms with Gasteiger partial charge in [-0.3, -0.25) is 4.79 Å². The highest BCUT2D eigenvalue weighted by molar-refractivity contribution is 5.75. The molecule has 0 bridgehead atoms. The summed E-state index contributed by atoms with van der Waals surface area (Å²) in [6.07, 6.45) is 3.28. The van der Waals surface area contributed by atoms with Crippen LogP contribution in [0.5, 0.6) is 5.75 Å². The number of benzene rings is 1. The third-order valence-corrected chi connectivity index (χ3v) is 3.13. The maximum atomic E-state index is 11.5. The van der Waals surface area contributed by atoms with Crippen molar-refractivity contribution in [2.24, 2.45) is 0 Å². The van der Waals surface area contributed by atoms with Crippen molar-refractivity contribution in [2.45, 2.75) is 26.2 Å². The van der Waals surface area contributed by atoms with Gasteiger partial charge in [0.05, 0.1) is 12.2 Å². The standard InChI is InChI=1S/C17H21N3O3/c1-3-12-18-15(21)10-7-11-16-19-17(20-23-16)13-8-5-6-9-14(13)22-4-2/h3,5-6,8-9H,1,4,7,10-12H2,2H3,(H,18,21). The summed E-state index contributed by atoms with van der Waals surface area (Å²) in [5.74, 6) is 1.74. The molecular weight excluding hydrogens is 294 g/mol. The first kappa shape index (κ1) is 16.7. The average molecular weight is 315 g/mol. The zero-order valence-corrected chi connectivity index (χ0v) is 13.2. The fraction of sp³-hybridized carbons (Fsp3) is 0.353. The number of aryl methyl sites for hydroxylation is 1. The van der Waals surface area contributed by atoms with E-state index in [9.17, 15) is 4.79 Å². The second kappa shape index (κ2) is 8.73. The molecule has 0 saturated carbocycles. The molecule has 0 aliphatic carbocycles. The summed E-state index contributed by atoms with van der Waals surface area (Å²) >= 11 is 0. The van der Waals surface area contributed by atoms with E-state index in [1.165, 1.54) is 0 Å². The number of ether oxygens (including phenoxy) is 1. The van der Waals surface area contributed by atoms with Crippen LogP contribution < -0.4 is 10.1 Å². The molecule has 0 radical (unpaired) electrons. The first-order chi connectivity index (χ1) is 11.2. The summed E-state index contributed by atoms with van der Waals surface area (Å²) in [5, 5.41) is 6.73.